The van der Waals surface area contributed by atoms with Crippen molar-refractivity contribution in [1.29, 1.82) is 0 Å². The monoisotopic (exact) mass is 252 g/mol. The number of aliphatic carboxylic acids is 1. The third-order valence-electron chi connectivity index (χ3n) is 4.02. The maximum atomic E-state index is 12.3. The van der Waals surface area contributed by atoms with Gasteiger partial charge >= 0.3 is 12.0 Å². The Labute approximate surface area is 107 Å². The molecule has 2 aliphatic rings. The Balaban J connectivity index is 2.00. The first kappa shape index (κ1) is 12.9. The highest BCUT2D eigenvalue weighted by Crippen LogP contribution is 2.26. The molecular formula is C13H20N2O3. The first-order chi connectivity index (χ1) is 8.50. The molecule has 1 fully saturated rings. The lowest BCUT2D eigenvalue weighted by Crippen LogP contribution is -2.47. The second-order valence-corrected chi connectivity index (χ2v) is 5.20. The van der Waals surface area contributed by atoms with Crippen molar-refractivity contribution in [2.45, 2.75) is 32.7 Å². The van der Waals surface area contributed by atoms with Crippen LogP contribution >= 0.6 is 0 Å². The molecule has 18 heavy (non-hydrogen) atoms. The first-order valence-electron chi connectivity index (χ1n) is 6.44. The Kier molecular flexibility index (Phi) is 3.59. The van der Waals surface area contributed by atoms with E-state index in [1.165, 1.54) is 5.57 Å². The SMILES string of the molecule is CC1=CCN(C(=O)N2CCC(C(=O)O)C2C)CC1. The van der Waals surface area contributed by atoms with E-state index in [0.717, 1.165) is 13.0 Å². The molecule has 0 radical (unpaired) electrons. The summed E-state index contributed by atoms with van der Waals surface area (Å²) in [6.45, 7) is 5.83. The topological polar surface area (TPSA) is 60.9 Å². The first-order valence-corrected chi connectivity index (χ1v) is 6.44. The maximum absolute atomic E-state index is 12.3. The van der Waals surface area contributed by atoms with Gasteiger partial charge in [0.2, 0.25) is 0 Å². The van der Waals surface area contributed by atoms with Crippen molar-refractivity contribution >= 4 is 12.0 Å². The lowest BCUT2D eigenvalue weighted by Gasteiger charge is -2.32. The Bertz CT molecular complexity index is 392. The van der Waals surface area contributed by atoms with Gasteiger partial charge in [-0.3, -0.25) is 4.79 Å². The Morgan fingerprint density at radius 2 is 2.11 bits per heavy atom. The van der Waals surface area contributed by atoms with Crippen molar-refractivity contribution in [2.75, 3.05) is 19.6 Å². The van der Waals surface area contributed by atoms with E-state index < -0.39 is 11.9 Å². The molecule has 0 aromatic rings. The summed E-state index contributed by atoms with van der Waals surface area (Å²) in [5.74, 6) is -1.22. The van der Waals surface area contributed by atoms with Crippen LogP contribution in [0.5, 0.6) is 0 Å². The van der Waals surface area contributed by atoms with Gasteiger partial charge in [-0.1, -0.05) is 11.6 Å². The van der Waals surface area contributed by atoms with E-state index >= 15 is 0 Å². The van der Waals surface area contributed by atoms with E-state index in [9.17, 15) is 9.59 Å². The largest absolute Gasteiger partial charge is 0.481 e. The molecule has 2 heterocycles. The van der Waals surface area contributed by atoms with Gasteiger partial charge in [0.05, 0.1) is 5.92 Å². The average molecular weight is 252 g/mol. The zero-order valence-electron chi connectivity index (χ0n) is 10.9. The van der Waals surface area contributed by atoms with E-state index in [2.05, 4.69) is 13.0 Å². The van der Waals surface area contributed by atoms with Crippen LogP contribution in [0.2, 0.25) is 0 Å². The fourth-order valence-corrected chi connectivity index (χ4v) is 2.67. The smallest absolute Gasteiger partial charge is 0.320 e. The molecule has 0 saturated carbocycles. The molecule has 2 unspecified atom stereocenters. The molecule has 0 spiro atoms. The molecule has 2 rings (SSSR count). The van der Waals surface area contributed by atoms with Crippen LogP contribution in [0.3, 0.4) is 0 Å². The summed E-state index contributed by atoms with van der Waals surface area (Å²) in [6.07, 6.45) is 3.54. The van der Waals surface area contributed by atoms with Gasteiger partial charge in [0.25, 0.3) is 0 Å². The van der Waals surface area contributed by atoms with E-state index in [0.29, 0.717) is 19.5 Å². The number of hydrogen-bond acceptors (Lipinski definition) is 2. The summed E-state index contributed by atoms with van der Waals surface area (Å²) in [4.78, 5) is 26.9. The van der Waals surface area contributed by atoms with Crippen molar-refractivity contribution in [3.63, 3.8) is 0 Å². The number of urea groups is 1. The number of amides is 2. The summed E-state index contributed by atoms with van der Waals surface area (Å²) in [7, 11) is 0. The van der Waals surface area contributed by atoms with E-state index in [1.807, 2.05) is 6.92 Å². The average Bonchev–Trinajstić information content (AvgIpc) is 2.71. The number of carboxylic acids is 1. The zero-order chi connectivity index (χ0) is 13.3. The number of carboxylic acid groups (broad SMARTS) is 1. The van der Waals surface area contributed by atoms with Crippen molar-refractivity contribution < 1.29 is 14.7 Å². The minimum Gasteiger partial charge on any atom is -0.481 e. The van der Waals surface area contributed by atoms with Crippen LogP contribution < -0.4 is 0 Å². The molecule has 1 N–H and O–H groups in total. The molecule has 5 heteroatoms. The molecule has 0 aromatic carbocycles. The normalized spacial score (nSPS) is 28.2. The third-order valence-corrected chi connectivity index (χ3v) is 4.02. The highest BCUT2D eigenvalue weighted by atomic mass is 16.4. The van der Waals surface area contributed by atoms with Gasteiger partial charge < -0.3 is 14.9 Å². The van der Waals surface area contributed by atoms with Gasteiger partial charge in [-0.15, -0.1) is 0 Å². The van der Waals surface area contributed by atoms with Crippen molar-refractivity contribution in [1.82, 2.24) is 9.80 Å². The van der Waals surface area contributed by atoms with Gasteiger partial charge in [-0.2, -0.15) is 0 Å². The molecule has 2 atom stereocenters. The van der Waals surface area contributed by atoms with Crippen molar-refractivity contribution in [3.05, 3.63) is 11.6 Å². The fourth-order valence-electron chi connectivity index (χ4n) is 2.67. The van der Waals surface area contributed by atoms with Crippen LogP contribution in [0.15, 0.2) is 11.6 Å². The molecule has 2 amide bonds. The molecule has 5 nitrogen and oxygen atoms in total. The van der Waals surface area contributed by atoms with Crippen LogP contribution in [0.25, 0.3) is 0 Å². The standard InChI is InChI=1S/C13H20N2O3/c1-9-3-6-14(7-4-9)13(18)15-8-5-11(10(15)2)12(16)17/h3,10-11H,4-8H2,1-2H3,(H,16,17). The second-order valence-electron chi connectivity index (χ2n) is 5.20. The lowest BCUT2D eigenvalue weighted by molar-refractivity contribution is -0.142. The number of likely N-dealkylation sites (tertiary alicyclic amines) is 1. The molecule has 2 aliphatic heterocycles. The number of carbonyl (C=O) groups excluding carboxylic acids is 1. The van der Waals surface area contributed by atoms with Crippen LogP contribution in [-0.4, -0.2) is 52.6 Å². The van der Waals surface area contributed by atoms with Gasteiger partial charge in [0.15, 0.2) is 0 Å². The number of carbonyl (C=O) groups is 2. The predicted molar refractivity (Wildman–Crippen MR) is 67.3 cm³/mol. The highest BCUT2D eigenvalue weighted by Gasteiger charge is 2.39. The Hall–Kier alpha value is -1.52. The van der Waals surface area contributed by atoms with Crippen LogP contribution in [0, 0.1) is 5.92 Å². The van der Waals surface area contributed by atoms with Gasteiger partial charge in [0.1, 0.15) is 0 Å². The van der Waals surface area contributed by atoms with Crippen molar-refractivity contribution in [2.24, 2.45) is 5.92 Å². The highest BCUT2D eigenvalue weighted by molar-refractivity contribution is 5.78. The minimum absolute atomic E-state index is 0.0185. The number of hydrogen-bond donors (Lipinski definition) is 1. The van der Waals surface area contributed by atoms with E-state index in [4.69, 9.17) is 5.11 Å². The van der Waals surface area contributed by atoms with Gasteiger partial charge in [-0.05, 0) is 26.7 Å². The third kappa shape index (κ3) is 2.35. The zero-order valence-corrected chi connectivity index (χ0v) is 10.9. The summed E-state index contributed by atoms with van der Waals surface area (Å²) in [5, 5.41) is 9.07. The lowest BCUT2D eigenvalue weighted by atomic mass is 10.0. The van der Waals surface area contributed by atoms with Crippen LogP contribution in [-0.2, 0) is 4.79 Å². The molecule has 100 valence electrons. The number of nitrogens with zero attached hydrogens (tertiary/aromatic N) is 2. The summed E-state index contributed by atoms with van der Waals surface area (Å²) in [5.41, 5.74) is 1.32. The van der Waals surface area contributed by atoms with Crippen LogP contribution in [0.4, 0.5) is 4.79 Å². The van der Waals surface area contributed by atoms with E-state index in [-0.39, 0.29) is 12.1 Å². The van der Waals surface area contributed by atoms with E-state index in [1.54, 1.807) is 9.80 Å². The second kappa shape index (κ2) is 5.00. The fraction of sp³-hybridized carbons (Fsp3) is 0.692. The maximum Gasteiger partial charge on any atom is 0.320 e. The molecule has 0 aromatic heterocycles. The molecular weight excluding hydrogens is 232 g/mol. The summed E-state index contributed by atoms with van der Waals surface area (Å²) in [6, 6.07) is -0.225. The Morgan fingerprint density at radius 1 is 1.39 bits per heavy atom. The van der Waals surface area contributed by atoms with Gasteiger partial charge in [-0.25, -0.2) is 4.79 Å². The summed E-state index contributed by atoms with van der Waals surface area (Å²) >= 11 is 0. The molecule has 0 aliphatic carbocycles. The van der Waals surface area contributed by atoms with Gasteiger partial charge in [0, 0.05) is 25.7 Å². The minimum atomic E-state index is -0.799. The van der Waals surface area contributed by atoms with Crippen LogP contribution in [0.1, 0.15) is 26.7 Å². The molecule has 1 saturated heterocycles. The Morgan fingerprint density at radius 3 is 2.61 bits per heavy atom. The predicted octanol–water partition coefficient (Wildman–Crippen LogP) is 1.55. The molecule has 0 bridgehead atoms. The summed E-state index contributed by atoms with van der Waals surface area (Å²) < 4.78 is 0. The van der Waals surface area contributed by atoms with Crippen molar-refractivity contribution in [3.8, 4) is 0 Å². The quantitative estimate of drug-likeness (QED) is 0.720. The number of rotatable bonds is 1.